The third-order valence-electron chi connectivity index (χ3n) is 3.54. The van der Waals surface area contributed by atoms with Crippen molar-refractivity contribution in [3.63, 3.8) is 0 Å². The van der Waals surface area contributed by atoms with Gasteiger partial charge in [-0.2, -0.15) is 0 Å². The van der Waals surface area contributed by atoms with Crippen LogP contribution in [0.2, 0.25) is 0 Å². The summed E-state index contributed by atoms with van der Waals surface area (Å²) in [5.74, 6) is 1.55. The molecule has 2 N–H and O–H groups in total. The number of hydrogen-bond acceptors (Lipinski definition) is 2. The van der Waals surface area contributed by atoms with E-state index in [2.05, 4.69) is 13.8 Å². The van der Waals surface area contributed by atoms with E-state index in [1.54, 1.807) is 0 Å². The van der Waals surface area contributed by atoms with Crippen molar-refractivity contribution in [2.24, 2.45) is 23.5 Å². The third kappa shape index (κ3) is 3.20. The van der Waals surface area contributed by atoms with Crippen molar-refractivity contribution in [2.45, 2.75) is 33.1 Å². The van der Waals surface area contributed by atoms with Gasteiger partial charge in [-0.15, -0.1) is 0 Å². The Morgan fingerprint density at radius 1 is 1.53 bits per heavy atom. The number of hydrogen-bond donors (Lipinski definition) is 1. The summed E-state index contributed by atoms with van der Waals surface area (Å²) in [4.78, 5) is 14.0. The van der Waals surface area contributed by atoms with E-state index < -0.39 is 0 Å². The van der Waals surface area contributed by atoms with Gasteiger partial charge in [0.25, 0.3) is 0 Å². The molecule has 1 rings (SSSR count). The summed E-state index contributed by atoms with van der Waals surface area (Å²) >= 11 is 0. The molecule has 0 spiro atoms. The molecule has 3 atom stereocenters. The molecule has 1 saturated carbocycles. The molecule has 1 amide bonds. The average Bonchev–Trinajstić information content (AvgIpc) is 2.63. The summed E-state index contributed by atoms with van der Waals surface area (Å²) in [6, 6.07) is 0. The lowest BCUT2D eigenvalue weighted by molar-refractivity contribution is -0.135. The van der Waals surface area contributed by atoms with Crippen LogP contribution in [0.3, 0.4) is 0 Å². The Bertz CT molecular complexity index is 218. The summed E-state index contributed by atoms with van der Waals surface area (Å²) in [7, 11) is 1.90. The van der Waals surface area contributed by atoms with Gasteiger partial charge in [0, 0.05) is 19.5 Å². The number of nitrogens with two attached hydrogens (primary N) is 1. The molecule has 15 heavy (non-hydrogen) atoms. The fraction of sp³-hybridized carbons (Fsp3) is 0.917. The second kappa shape index (κ2) is 5.50. The van der Waals surface area contributed by atoms with Crippen LogP contribution >= 0.6 is 0 Å². The Morgan fingerprint density at radius 3 is 2.67 bits per heavy atom. The summed E-state index contributed by atoms with van der Waals surface area (Å²) < 4.78 is 0. The van der Waals surface area contributed by atoms with Gasteiger partial charge in [-0.25, -0.2) is 0 Å². The highest BCUT2D eigenvalue weighted by Crippen LogP contribution is 2.32. The first-order valence-electron chi connectivity index (χ1n) is 6.01. The molecule has 0 saturated heterocycles. The zero-order chi connectivity index (χ0) is 11.4. The van der Waals surface area contributed by atoms with Gasteiger partial charge in [-0.05, 0) is 31.2 Å². The molecule has 1 aliphatic carbocycles. The molecule has 1 fully saturated rings. The van der Waals surface area contributed by atoms with E-state index in [1.165, 1.54) is 12.8 Å². The van der Waals surface area contributed by atoms with Gasteiger partial charge >= 0.3 is 0 Å². The molecule has 0 aliphatic heterocycles. The van der Waals surface area contributed by atoms with E-state index in [-0.39, 0.29) is 5.92 Å². The highest BCUT2D eigenvalue weighted by atomic mass is 16.2. The molecule has 3 unspecified atom stereocenters. The maximum absolute atomic E-state index is 12.1. The Hall–Kier alpha value is -0.570. The number of nitrogens with zero attached hydrogens (tertiary/aromatic N) is 1. The summed E-state index contributed by atoms with van der Waals surface area (Å²) in [6.07, 6.45) is 3.48. The van der Waals surface area contributed by atoms with E-state index >= 15 is 0 Å². The SMILES string of the molecule is CC(CN)CN(C)C(=O)C1CCCC1C. The number of rotatable bonds is 4. The molecule has 0 heterocycles. The van der Waals surface area contributed by atoms with E-state index in [0.717, 1.165) is 13.0 Å². The quantitative estimate of drug-likeness (QED) is 0.767. The maximum atomic E-state index is 12.1. The standard InChI is InChI=1S/C12H24N2O/c1-9(7-13)8-14(3)12(15)11-6-4-5-10(11)2/h9-11H,4-8,13H2,1-3H3. The first kappa shape index (κ1) is 12.5. The molecule has 3 heteroatoms. The van der Waals surface area contributed by atoms with Gasteiger partial charge in [0.15, 0.2) is 0 Å². The third-order valence-corrected chi connectivity index (χ3v) is 3.54. The lowest BCUT2D eigenvalue weighted by Gasteiger charge is -2.25. The lowest BCUT2D eigenvalue weighted by Crippen LogP contribution is -2.38. The van der Waals surface area contributed by atoms with Crippen LogP contribution in [0.5, 0.6) is 0 Å². The number of carbonyl (C=O) groups is 1. The minimum atomic E-state index is 0.264. The monoisotopic (exact) mass is 212 g/mol. The predicted molar refractivity (Wildman–Crippen MR) is 62.4 cm³/mol. The second-order valence-electron chi connectivity index (χ2n) is 5.07. The van der Waals surface area contributed by atoms with Crippen LogP contribution in [0.15, 0.2) is 0 Å². The van der Waals surface area contributed by atoms with Gasteiger partial charge in [0.2, 0.25) is 5.91 Å². The molecule has 0 aromatic carbocycles. The van der Waals surface area contributed by atoms with Crippen LogP contribution in [-0.2, 0) is 4.79 Å². The highest BCUT2D eigenvalue weighted by Gasteiger charge is 2.31. The van der Waals surface area contributed by atoms with Crippen LogP contribution in [0, 0.1) is 17.8 Å². The maximum Gasteiger partial charge on any atom is 0.225 e. The second-order valence-corrected chi connectivity index (χ2v) is 5.07. The Labute approximate surface area is 93.0 Å². The number of carbonyl (C=O) groups excluding carboxylic acids is 1. The summed E-state index contributed by atoms with van der Waals surface area (Å²) in [6.45, 7) is 5.72. The first-order valence-corrected chi connectivity index (χ1v) is 6.01. The van der Waals surface area contributed by atoms with Gasteiger partial charge < -0.3 is 10.6 Å². The molecule has 0 bridgehead atoms. The van der Waals surface area contributed by atoms with Crippen molar-refractivity contribution in [2.75, 3.05) is 20.1 Å². The summed E-state index contributed by atoms with van der Waals surface area (Å²) in [5, 5.41) is 0. The van der Waals surface area contributed by atoms with E-state index in [0.29, 0.717) is 24.3 Å². The molecule has 0 aromatic rings. The number of amides is 1. The van der Waals surface area contributed by atoms with Gasteiger partial charge in [-0.3, -0.25) is 4.79 Å². The highest BCUT2D eigenvalue weighted by molar-refractivity contribution is 5.79. The molecule has 88 valence electrons. The van der Waals surface area contributed by atoms with Crippen molar-refractivity contribution in [3.8, 4) is 0 Å². The van der Waals surface area contributed by atoms with E-state index in [4.69, 9.17) is 5.73 Å². The Balaban J connectivity index is 2.45. The zero-order valence-electron chi connectivity index (χ0n) is 10.2. The van der Waals surface area contributed by atoms with Crippen LogP contribution in [0.25, 0.3) is 0 Å². The normalized spacial score (nSPS) is 27.7. The topological polar surface area (TPSA) is 46.3 Å². The van der Waals surface area contributed by atoms with Crippen molar-refractivity contribution < 1.29 is 4.79 Å². The fourth-order valence-electron chi connectivity index (χ4n) is 2.43. The van der Waals surface area contributed by atoms with Gasteiger partial charge in [-0.1, -0.05) is 20.3 Å². The first-order chi connectivity index (χ1) is 7.06. The Morgan fingerprint density at radius 2 is 2.20 bits per heavy atom. The smallest absolute Gasteiger partial charge is 0.225 e. The molecular weight excluding hydrogens is 188 g/mol. The van der Waals surface area contributed by atoms with E-state index in [1.807, 2.05) is 11.9 Å². The van der Waals surface area contributed by atoms with Crippen LogP contribution < -0.4 is 5.73 Å². The van der Waals surface area contributed by atoms with Crippen molar-refractivity contribution in [1.82, 2.24) is 4.90 Å². The average molecular weight is 212 g/mol. The van der Waals surface area contributed by atoms with Crippen molar-refractivity contribution >= 4 is 5.91 Å². The van der Waals surface area contributed by atoms with Crippen LogP contribution in [0.4, 0.5) is 0 Å². The Kier molecular flexibility index (Phi) is 4.58. The predicted octanol–water partition coefficient (Wildman–Crippen LogP) is 1.48. The van der Waals surface area contributed by atoms with Crippen molar-refractivity contribution in [3.05, 3.63) is 0 Å². The molecule has 0 aromatic heterocycles. The zero-order valence-corrected chi connectivity index (χ0v) is 10.2. The van der Waals surface area contributed by atoms with Crippen LogP contribution in [-0.4, -0.2) is 30.9 Å². The fourth-order valence-corrected chi connectivity index (χ4v) is 2.43. The molecule has 3 nitrogen and oxygen atoms in total. The minimum absolute atomic E-state index is 0.264. The van der Waals surface area contributed by atoms with E-state index in [9.17, 15) is 4.79 Å². The summed E-state index contributed by atoms with van der Waals surface area (Å²) in [5.41, 5.74) is 5.56. The minimum Gasteiger partial charge on any atom is -0.345 e. The molecule has 0 radical (unpaired) electrons. The van der Waals surface area contributed by atoms with Crippen molar-refractivity contribution in [1.29, 1.82) is 0 Å². The lowest BCUT2D eigenvalue weighted by atomic mass is 9.96. The molecular formula is C12H24N2O. The van der Waals surface area contributed by atoms with Crippen LogP contribution in [0.1, 0.15) is 33.1 Å². The largest absolute Gasteiger partial charge is 0.345 e. The van der Waals surface area contributed by atoms with Gasteiger partial charge in [0.05, 0.1) is 0 Å². The molecule has 1 aliphatic rings. The van der Waals surface area contributed by atoms with Gasteiger partial charge in [0.1, 0.15) is 0 Å².